The van der Waals surface area contributed by atoms with Gasteiger partial charge in [0.25, 0.3) is 0 Å². The van der Waals surface area contributed by atoms with E-state index in [1.807, 2.05) is 0 Å². The second-order valence-electron chi connectivity index (χ2n) is 12.2. The monoisotopic (exact) mass is 627 g/mol. The number of hydrogen-bond donors (Lipinski definition) is 2. The van der Waals surface area contributed by atoms with Crippen LogP contribution in [0.4, 0.5) is 0 Å². The minimum Gasteiger partial charge on any atom is -0.481 e. The topological polar surface area (TPSA) is 74.6 Å². The zero-order valence-corrected chi connectivity index (χ0v) is 28.7. The van der Waals surface area contributed by atoms with E-state index in [2.05, 4.69) is 13.8 Å². The summed E-state index contributed by atoms with van der Waals surface area (Å²) in [5, 5.41) is 17.0. The molecule has 0 aliphatic carbocycles. The van der Waals surface area contributed by atoms with Gasteiger partial charge in [-0.15, -0.1) is 0 Å². The van der Waals surface area contributed by atoms with E-state index < -0.39 is 11.9 Å². The molecule has 0 fully saturated rings. The van der Waals surface area contributed by atoms with Gasteiger partial charge in [-0.3, -0.25) is 9.59 Å². The Kier molecular flexibility index (Phi) is 45.5. The van der Waals surface area contributed by atoms with Crippen molar-refractivity contribution >= 4 is 11.9 Å². The fourth-order valence-corrected chi connectivity index (χ4v) is 5.30. The molecule has 2 N–H and O–H groups in total. The Labute approximate surface area is 267 Å². The number of unbranched alkanes of at least 4 members (excludes halogenated alkanes) is 28. The van der Waals surface area contributed by atoms with Crippen LogP contribution in [-0.4, -0.2) is 22.2 Å². The molecule has 1 radical (unpaired) electrons. The van der Waals surface area contributed by atoms with Gasteiger partial charge in [0, 0.05) is 29.6 Å². The first-order chi connectivity index (χ1) is 19.5. The minimum atomic E-state index is -0.653. The SMILES string of the molecule is CCCCCCCCCCCCCCCCCC(=O)O.CCCCCCCCCCCCCCCCCC(=O)O.[Co]. The Bertz CT molecular complexity index is 454. The third-order valence-corrected chi connectivity index (χ3v) is 7.99. The van der Waals surface area contributed by atoms with Gasteiger partial charge in [0.1, 0.15) is 0 Å². The van der Waals surface area contributed by atoms with Gasteiger partial charge < -0.3 is 10.2 Å². The first-order valence-electron chi connectivity index (χ1n) is 18.0. The number of hydrogen-bond acceptors (Lipinski definition) is 2. The van der Waals surface area contributed by atoms with Crippen LogP contribution in [0.1, 0.15) is 219 Å². The molecule has 5 heteroatoms. The summed E-state index contributed by atoms with van der Waals surface area (Å²) in [5.41, 5.74) is 0. The van der Waals surface area contributed by atoms with Gasteiger partial charge in [-0.25, -0.2) is 0 Å². The van der Waals surface area contributed by atoms with Crippen LogP contribution >= 0.6 is 0 Å². The quantitative estimate of drug-likeness (QED) is 0.0728. The van der Waals surface area contributed by atoms with E-state index in [0.717, 1.165) is 25.7 Å². The van der Waals surface area contributed by atoms with E-state index in [9.17, 15) is 9.59 Å². The molecule has 0 saturated carbocycles. The first-order valence-corrected chi connectivity index (χ1v) is 18.0. The minimum absolute atomic E-state index is 0. The molecular formula is C36H72CoO4. The second-order valence-corrected chi connectivity index (χ2v) is 12.2. The summed E-state index contributed by atoms with van der Waals surface area (Å²) in [6.45, 7) is 4.54. The van der Waals surface area contributed by atoms with Crippen LogP contribution in [0.25, 0.3) is 0 Å². The molecule has 0 unspecified atom stereocenters. The maximum atomic E-state index is 10.3. The van der Waals surface area contributed by atoms with Crippen molar-refractivity contribution in [2.45, 2.75) is 219 Å². The molecule has 0 aliphatic heterocycles. The van der Waals surface area contributed by atoms with Crippen molar-refractivity contribution in [3.8, 4) is 0 Å². The molecule has 0 aromatic heterocycles. The van der Waals surface area contributed by atoms with Crippen molar-refractivity contribution in [1.29, 1.82) is 0 Å². The Morgan fingerprint density at radius 3 is 0.610 bits per heavy atom. The molecule has 0 rings (SSSR count). The van der Waals surface area contributed by atoms with Crippen LogP contribution in [0, 0.1) is 0 Å². The summed E-state index contributed by atoms with van der Waals surface area (Å²) in [5.74, 6) is -1.31. The summed E-state index contributed by atoms with van der Waals surface area (Å²) in [6, 6.07) is 0. The largest absolute Gasteiger partial charge is 0.481 e. The smallest absolute Gasteiger partial charge is 0.303 e. The average Bonchev–Trinajstić information content (AvgIpc) is 2.93. The second kappa shape index (κ2) is 41.6. The molecule has 0 aromatic rings. The molecule has 4 nitrogen and oxygen atoms in total. The third kappa shape index (κ3) is 49.4. The number of carboxylic acids is 2. The van der Waals surface area contributed by atoms with Gasteiger partial charge in [0.2, 0.25) is 0 Å². The van der Waals surface area contributed by atoms with E-state index in [1.54, 1.807) is 0 Å². The zero-order chi connectivity index (χ0) is 29.8. The number of aliphatic carboxylic acids is 2. The average molecular weight is 628 g/mol. The molecule has 0 amide bonds. The van der Waals surface area contributed by atoms with Crippen molar-refractivity contribution in [2.75, 3.05) is 0 Å². The Hall–Kier alpha value is -0.554. The Morgan fingerprint density at radius 1 is 0.317 bits per heavy atom. The number of carboxylic acid groups (broad SMARTS) is 2. The summed E-state index contributed by atoms with van der Waals surface area (Å²) in [6.07, 6.45) is 40.4. The van der Waals surface area contributed by atoms with Gasteiger partial charge in [-0.1, -0.05) is 194 Å². The van der Waals surface area contributed by atoms with E-state index in [-0.39, 0.29) is 16.8 Å². The molecule has 0 bridgehead atoms. The predicted octanol–water partition coefficient (Wildman–Crippen LogP) is 12.7. The molecule has 0 heterocycles. The summed E-state index contributed by atoms with van der Waals surface area (Å²) in [7, 11) is 0. The van der Waals surface area contributed by atoms with Crippen molar-refractivity contribution < 1.29 is 36.6 Å². The van der Waals surface area contributed by atoms with E-state index in [0.29, 0.717) is 12.8 Å². The third-order valence-electron chi connectivity index (χ3n) is 7.99. The summed E-state index contributed by atoms with van der Waals surface area (Å²) < 4.78 is 0. The maximum Gasteiger partial charge on any atom is 0.303 e. The standard InChI is InChI=1S/2C18H36O2.Co/c2*1-2-3-4-5-6-7-8-9-10-11-12-13-14-15-16-17-18(19)20;/h2*2-17H2,1H3,(H,19,20);. The van der Waals surface area contributed by atoms with Crippen LogP contribution < -0.4 is 0 Å². The van der Waals surface area contributed by atoms with E-state index in [1.165, 1.54) is 167 Å². The molecule has 0 atom stereocenters. The number of carbonyl (C=O) groups is 2. The van der Waals surface area contributed by atoms with Crippen molar-refractivity contribution in [2.24, 2.45) is 0 Å². The molecule has 41 heavy (non-hydrogen) atoms. The Morgan fingerprint density at radius 2 is 0.463 bits per heavy atom. The van der Waals surface area contributed by atoms with Gasteiger partial charge in [-0.05, 0) is 12.8 Å². The van der Waals surface area contributed by atoms with Crippen LogP contribution in [-0.2, 0) is 26.4 Å². The van der Waals surface area contributed by atoms with Crippen LogP contribution in [0.2, 0.25) is 0 Å². The number of rotatable bonds is 32. The van der Waals surface area contributed by atoms with Crippen molar-refractivity contribution in [1.82, 2.24) is 0 Å². The molecule has 0 saturated heterocycles. The van der Waals surface area contributed by atoms with Crippen molar-refractivity contribution in [3.05, 3.63) is 0 Å². The molecule has 249 valence electrons. The molecule has 0 aliphatic rings. The fourth-order valence-electron chi connectivity index (χ4n) is 5.30. The summed E-state index contributed by atoms with van der Waals surface area (Å²) >= 11 is 0. The normalized spacial score (nSPS) is 10.6. The molecular weight excluding hydrogens is 555 g/mol. The molecule has 0 aromatic carbocycles. The zero-order valence-electron chi connectivity index (χ0n) is 27.7. The maximum absolute atomic E-state index is 10.3. The van der Waals surface area contributed by atoms with Crippen LogP contribution in [0.3, 0.4) is 0 Å². The van der Waals surface area contributed by atoms with Crippen LogP contribution in [0.5, 0.6) is 0 Å². The summed E-state index contributed by atoms with van der Waals surface area (Å²) in [4.78, 5) is 20.7. The van der Waals surface area contributed by atoms with E-state index >= 15 is 0 Å². The van der Waals surface area contributed by atoms with Crippen LogP contribution in [0.15, 0.2) is 0 Å². The predicted molar refractivity (Wildman–Crippen MR) is 174 cm³/mol. The molecule has 0 spiro atoms. The first kappa shape index (κ1) is 44.9. The van der Waals surface area contributed by atoms with Gasteiger partial charge in [0.05, 0.1) is 0 Å². The fraction of sp³-hybridized carbons (Fsp3) is 0.944. The Balaban J connectivity index is -0.000000688. The van der Waals surface area contributed by atoms with Crippen molar-refractivity contribution in [3.63, 3.8) is 0 Å². The van der Waals surface area contributed by atoms with Gasteiger partial charge >= 0.3 is 11.9 Å². The van der Waals surface area contributed by atoms with Gasteiger partial charge in [0.15, 0.2) is 0 Å². The van der Waals surface area contributed by atoms with E-state index in [4.69, 9.17) is 10.2 Å². The van der Waals surface area contributed by atoms with Gasteiger partial charge in [-0.2, -0.15) is 0 Å².